The van der Waals surface area contributed by atoms with Crippen molar-refractivity contribution in [1.29, 1.82) is 0 Å². The SMILES string of the molecule is CC1=NOC(C2(C)CO2)C1. The van der Waals surface area contributed by atoms with E-state index in [2.05, 4.69) is 12.1 Å². The highest BCUT2D eigenvalue weighted by molar-refractivity contribution is 5.83. The molecular formula is C7H11NO2. The van der Waals surface area contributed by atoms with Crippen LogP contribution in [0.5, 0.6) is 0 Å². The third-order valence-corrected chi connectivity index (χ3v) is 2.10. The van der Waals surface area contributed by atoms with Crippen LogP contribution in [0.15, 0.2) is 5.16 Å². The van der Waals surface area contributed by atoms with Gasteiger partial charge in [0.15, 0.2) is 6.10 Å². The summed E-state index contributed by atoms with van der Waals surface area (Å²) in [5.74, 6) is 0. The number of ether oxygens (including phenoxy) is 1. The van der Waals surface area contributed by atoms with Crippen molar-refractivity contribution < 1.29 is 9.57 Å². The first kappa shape index (κ1) is 6.16. The lowest BCUT2D eigenvalue weighted by Gasteiger charge is -2.10. The van der Waals surface area contributed by atoms with E-state index in [0.29, 0.717) is 0 Å². The topological polar surface area (TPSA) is 34.1 Å². The van der Waals surface area contributed by atoms with Crippen LogP contribution in [0.3, 0.4) is 0 Å². The molecule has 0 aromatic rings. The second-order valence-corrected chi connectivity index (χ2v) is 3.23. The molecule has 1 saturated heterocycles. The predicted octanol–water partition coefficient (Wildman–Crippen LogP) is 0.940. The summed E-state index contributed by atoms with van der Waals surface area (Å²) in [4.78, 5) is 5.16. The van der Waals surface area contributed by atoms with Gasteiger partial charge >= 0.3 is 0 Å². The van der Waals surface area contributed by atoms with Gasteiger partial charge in [-0.25, -0.2) is 0 Å². The minimum Gasteiger partial charge on any atom is -0.389 e. The Hall–Kier alpha value is -0.570. The normalized spacial score (nSPS) is 44.6. The van der Waals surface area contributed by atoms with Crippen LogP contribution >= 0.6 is 0 Å². The Morgan fingerprint density at radius 3 is 2.80 bits per heavy atom. The van der Waals surface area contributed by atoms with Gasteiger partial charge in [-0.3, -0.25) is 0 Å². The molecule has 1 fully saturated rings. The number of rotatable bonds is 1. The number of epoxide rings is 1. The second kappa shape index (κ2) is 1.72. The van der Waals surface area contributed by atoms with E-state index in [-0.39, 0.29) is 11.7 Å². The Morgan fingerprint density at radius 1 is 1.70 bits per heavy atom. The molecule has 10 heavy (non-hydrogen) atoms. The Kier molecular flexibility index (Phi) is 1.06. The molecule has 2 unspecified atom stereocenters. The summed E-state index contributed by atoms with van der Waals surface area (Å²) in [6.07, 6.45) is 1.10. The summed E-state index contributed by atoms with van der Waals surface area (Å²) >= 11 is 0. The quantitative estimate of drug-likeness (QED) is 0.509. The average molecular weight is 141 g/mol. The molecule has 2 rings (SSSR count). The van der Waals surface area contributed by atoms with Gasteiger partial charge in [0.1, 0.15) is 5.60 Å². The van der Waals surface area contributed by atoms with Crippen LogP contribution in [0.1, 0.15) is 20.3 Å². The first-order valence-corrected chi connectivity index (χ1v) is 3.54. The minimum absolute atomic E-state index is 0.0265. The van der Waals surface area contributed by atoms with Gasteiger partial charge in [-0.1, -0.05) is 5.16 Å². The molecule has 0 aromatic carbocycles. The van der Waals surface area contributed by atoms with Gasteiger partial charge in [0.2, 0.25) is 0 Å². The molecule has 56 valence electrons. The highest BCUT2D eigenvalue weighted by Crippen LogP contribution is 2.36. The number of nitrogens with zero attached hydrogens (tertiary/aromatic N) is 1. The summed E-state index contributed by atoms with van der Waals surface area (Å²) in [6, 6.07) is 0. The van der Waals surface area contributed by atoms with Crippen LogP contribution in [-0.4, -0.2) is 24.0 Å². The van der Waals surface area contributed by atoms with E-state index in [0.717, 1.165) is 18.7 Å². The molecule has 3 nitrogen and oxygen atoms in total. The predicted molar refractivity (Wildman–Crippen MR) is 37.0 cm³/mol. The molecule has 0 aromatic heterocycles. The zero-order valence-corrected chi connectivity index (χ0v) is 6.26. The lowest BCUT2D eigenvalue weighted by atomic mass is 10.0. The smallest absolute Gasteiger partial charge is 0.163 e. The molecule has 3 heteroatoms. The van der Waals surface area contributed by atoms with Crippen molar-refractivity contribution in [3.05, 3.63) is 0 Å². The van der Waals surface area contributed by atoms with Crippen molar-refractivity contribution in [3.63, 3.8) is 0 Å². The first-order valence-electron chi connectivity index (χ1n) is 3.54. The van der Waals surface area contributed by atoms with Crippen molar-refractivity contribution >= 4 is 5.71 Å². The molecule has 2 atom stereocenters. The molecule has 0 amide bonds. The summed E-state index contributed by atoms with van der Waals surface area (Å²) in [6.45, 7) is 4.86. The summed E-state index contributed by atoms with van der Waals surface area (Å²) in [7, 11) is 0. The lowest BCUT2D eigenvalue weighted by Crippen LogP contribution is -2.26. The molecule has 0 spiro atoms. The molecule has 0 bridgehead atoms. The third kappa shape index (κ3) is 0.814. The average Bonchev–Trinajstić information content (AvgIpc) is 2.45. The Labute approximate surface area is 60.0 Å². The van der Waals surface area contributed by atoms with E-state index >= 15 is 0 Å². The van der Waals surface area contributed by atoms with Crippen LogP contribution < -0.4 is 0 Å². The van der Waals surface area contributed by atoms with E-state index in [1.807, 2.05) is 6.92 Å². The second-order valence-electron chi connectivity index (χ2n) is 3.23. The van der Waals surface area contributed by atoms with E-state index in [1.54, 1.807) is 0 Å². The highest BCUT2D eigenvalue weighted by atomic mass is 16.7. The lowest BCUT2D eigenvalue weighted by molar-refractivity contribution is 0.0280. The van der Waals surface area contributed by atoms with Crippen molar-refractivity contribution in [1.82, 2.24) is 0 Å². The standard InChI is InChI=1S/C7H11NO2/c1-5-3-6(10-8-5)7(2)4-9-7/h6H,3-4H2,1-2H3. The van der Waals surface area contributed by atoms with Crippen LogP contribution in [0.4, 0.5) is 0 Å². The number of hydrogen-bond acceptors (Lipinski definition) is 3. The third-order valence-electron chi connectivity index (χ3n) is 2.10. The Bertz CT molecular complexity index is 184. The molecule has 2 aliphatic heterocycles. The van der Waals surface area contributed by atoms with Gasteiger partial charge in [-0.2, -0.15) is 0 Å². The van der Waals surface area contributed by atoms with Gasteiger partial charge in [0.25, 0.3) is 0 Å². The van der Waals surface area contributed by atoms with Gasteiger partial charge in [0.05, 0.1) is 12.3 Å². The Morgan fingerprint density at radius 2 is 2.40 bits per heavy atom. The van der Waals surface area contributed by atoms with Crippen molar-refractivity contribution in [2.75, 3.05) is 6.61 Å². The van der Waals surface area contributed by atoms with E-state index in [9.17, 15) is 0 Å². The van der Waals surface area contributed by atoms with Crippen LogP contribution in [-0.2, 0) is 9.57 Å². The zero-order chi connectivity index (χ0) is 7.19. The highest BCUT2D eigenvalue weighted by Gasteiger charge is 2.50. The van der Waals surface area contributed by atoms with E-state index < -0.39 is 0 Å². The fourth-order valence-corrected chi connectivity index (χ4v) is 1.12. The maximum Gasteiger partial charge on any atom is 0.163 e. The molecule has 0 aliphatic carbocycles. The zero-order valence-electron chi connectivity index (χ0n) is 6.26. The first-order chi connectivity index (χ1) is 4.71. The maximum absolute atomic E-state index is 5.23. The van der Waals surface area contributed by atoms with Crippen LogP contribution in [0.25, 0.3) is 0 Å². The largest absolute Gasteiger partial charge is 0.389 e. The molecule has 0 radical (unpaired) electrons. The maximum atomic E-state index is 5.23. The van der Waals surface area contributed by atoms with Crippen LogP contribution in [0, 0.1) is 0 Å². The molecule has 0 saturated carbocycles. The van der Waals surface area contributed by atoms with Gasteiger partial charge < -0.3 is 9.57 Å². The monoisotopic (exact) mass is 141 g/mol. The van der Waals surface area contributed by atoms with Crippen molar-refractivity contribution in [2.24, 2.45) is 5.16 Å². The fraction of sp³-hybridized carbons (Fsp3) is 0.857. The molecule has 2 heterocycles. The summed E-state index contributed by atoms with van der Waals surface area (Å²) in [5, 5.41) is 3.86. The van der Waals surface area contributed by atoms with Gasteiger partial charge in [-0.05, 0) is 13.8 Å². The fourth-order valence-electron chi connectivity index (χ4n) is 1.12. The minimum atomic E-state index is -0.0265. The van der Waals surface area contributed by atoms with Crippen molar-refractivity contribution in [3.8, 4) is 0 Å². The Balaban J connectivity index is 1.99. The van der Waals surface area contributed by atoms with Gasteiger partial charge in [-0.15, -0.1) is 0 Å². The van der Waals surface area contributed by atoms with Crippen molar-refractivity contribution in [2.45, 2.75) is 32.0 Å². The molecule has 2 aliphatic rings. The van der Waals surface area contributed by atoms with Crippen LogP contribution in [0.2, 0.25) is 0 Å². The summed E-state index contributed by atoms with van der Waals surface area (Å²) in [5.41, 5.74) is 1.04. The number of oxime groups is 1. The summed E-state index contributed by atoms with van der Waals surface area (Å²) < 4.78 is 5.23. The van der Waals surface area contributed by atoms with E-state index in [4.69, 9.17) is 9.57 Å². The molecular weight excluding hydrogens is 130 g/mol. The van der Waals surface area contributed by atoms with Gasteiger partial charge in [0, 0.05) is 6.42 Å². The number of hydrogen-bond donors (Lipinski definition) is 0. The molecule has 0 N–H and O–H groups in total. The van der Waals surface area contributed by atoms with E-state index in [1.165, 1.54) is 0 Å².